The zero-order valence-corrected chi connectivity index (χ0v) is 17.8. The summed E-state index contributed by atoms with van der Waals surface area (Å²) in [6.07, 6.45) is 0.878. The predicted octanol–water partition coefficient (Wildman–Crippen LogP) is 4.27. The van der Waals surface area contributed by atoms with Crippen LogP contribution in [0.2, 0.25) is 0 Å². The fraction of sp³-hybridized carbons (Fsp3) is 0.391. The van der Waals surface area contributed by atoms with Crippen molar-refractivity contribution in [2.24, 2.45) is 0 Å². The molecule has 0 saturated carbocycles. The van der Waals surface area contributed by atoms with Gasteiger partial charge in [0, 0.05) is 16.8 Å². The van der Waals surface area contributed by atoms with Crippen molar-refractivity contribution in [1.82, 2.24) is 0 Å². The standard InChI is InChI=1S/C23H24N2O3S/c1-13-9-17-14(2)11-22(3,4)25-20(17)18(10-13)23(21(25)28)24(19(27)12-29-23)15-5-7-16(26)8-6-15/h5-10,14,26H,11-12H2,1-4H3/t14-,23+/m0/s1. The number of phenols is 1. The molecule has 2 aromatic carbocycles. The number of aryl methyl sites for hydroxylation is 1. The Bertz CT molecular complexity index is 1060. The lowest BCUT2D eigenvalue weighted by molar-refractivity contribution is -0.124. The number of rotatable bonds is 1. The number of fused-ring (bicyclic) bond motifs is 1. The number of hydrogen-bond acceptors (Lipinski definition) is 4. The van der Waals surface area contributed by atoms with Crippen molar-refractivity contribution in [1.29, 1.82) is 0 Å². The maximum Gasteiger partial charge on any atom is 0.269 e. The van der Waals surface area contributed by atoms with Gasteiger partial charge < -0.3 is 10.0 Å². The van der Waals surface area contributed by atoms with Gasteiger partial charge in [-0.25, -0.2) is 0 Å². The maximum atomic E-state index is 14.1. The molecule has 3 aliphatic rings. The van der Waals surface area contributed by atoms with Crippen LogP contribution in [-0.2, 0) is 14.5 Å². The van der Waals surface area contributed by atoms with E-state index < -0.39 is 4.87 Å². The first-order valence-electron chi connectivity index (χ1n) is 9.92. The van der Waals surface area contributed by atoms with Crippen molar-refractivity contribution in [2.75, 3.05) is 15.6 Å². The SMILES string of the molecule is Cc1cc2c3c(c1)[C@@]1(SCC(=O)N1c1ccc(O)cc1)C(=O)N3C(C)(C)C[C@@H]2C. The molecule has 6 heteroatoms. The molecule has 1 N–H and O–H groups in total. The first-order chi connectivity index (χ1) is 13.7. The Hall–Kier alpha value is -2.47. The topological polar surface area (TPSA) is 60.9 Å². The van der Waals surface area contributed by atoms with Crippen LogP contribution in [0.25, 0.3) is 0 Å². The second-order valence-electron chi connectivity index (χ2n) is 8.99. The van der Waals surface area contributed by atoms with Gasteiger partial charge in [-0.3, -0.25) is 14.5 Å². The van der Waals surface area contributed by atoms with Gasteiger partial charge in [-0.2, -0.15) is 0 Å². The van der Waals surface area contributed by atoms with Crippen LogP contribution in [0.3, 0.4) is 0 Å². The van der Waals surface area contributed by atoms with Crippen molar-refractivity contribution in [3.05, 3.63) is 53.1 Å². The summed E-state index contributed by atoms with van der Waals surface area (Å²) in [4.78, 5) is 29.6. The molecule has 0 aromatic heterocycles. The van der Waals surface area contributed by atoms with E-state index in [1.54, 1.807) is 29.2 Å². The molecule has 0 bridgehead atoms. The first-order valence-corrected chi connectivity index (χ1v) is 10.9. The fourth-order valence-electron chi connectivity index (χ4n) is 5.34. The summed E-state index contributed by atoms with van der Waals surface area (Å²) in [5.74, 6) is 0.587. The van der Waals surface area contributed by atoms with Crippen molar-refractivity contribution >= 4 is 35.0 Å². The number of phenolic OH excluding ortho intramolecular Hbond substituents is 1. The second-order valence-corrected chi connectivity index (χ2v) is 10.2. The smallest absolute Gasteiger partial charge is 0.269 e. The molecular weight excluding hydrogens is 384 g/mol. The van der Waals surface area contributed by atoms with E-state index in [1.807, 2.05) is 4.90 Å². The number of hydrogen-bond donors (Lipinski definition) is 1. The first kappa shape index (κ1) is 18.6. The highest BCUT2D eigenvalue weighted by Crippen LogP contribution is 2.61. The molecule has 1 spiro atoms. The molecule has 0 radical (unpaired) electrons. The molecular formula is C23H24N2O3S. The minimum absolute atomic E-state index is 0.0415. The molecule has 1 saturated heterocycles. The number of anilines is 2. The monoisotopic (exact) mass is 408 g/mol. The molecule has 5 rings (SSSR count). The van der Waals surface area contributed by atoms with Crippen LogP contribution in [0.5, 0.6) is 5.75 Å². The molecule has 29 heavy (non-hydrogen) atoms. The minimum atomic E-state index is -1.09. The molecule has 2 aromatic rings. The van der Waals surface area contributed by atoms with E-state index in [0.29, 0.717) is 11.6 Å². The van der Waals surface area contributed by atoms with E-state index in [2.05, 4.69) is 39.8 Å². The highest BCUT2D eigenvalue weighted by atomic mass is 32.2. The Balaban J connectivity index is 1.81. The van der Waals surface area contributed by atoms with Gasteiger partial charge in [0.25, 0.3) is 5.91 Å². The highest BCUT2D eigenvalue weighted by molar-refractivity contribution is 8.02. The third-order valence-corrected chi connectivity index (χ3v) is 7.77. The average Bonchev–Trinajstić information content (AvgIpc) is 3.11. The quantitative estimate of drug-likeness (QED) is 0.766. The summed E-state index contributed by atoms with van der Waals surface area (Å²) in [5, 5.41) is 9.71. The van der Waals surface area contributed by atoms with Crippen molar-refractivity contribution in [3.8, 4) is 5.75 Å². The van der Waals surface area contributed by atoms with E-state index in [-0.39, 0.29) is 28.9 Å². The molecule has 1 fully saturated rings. The molecule has 2 atom stereocenters. The summed E-state index contributed by atoms with van der Waals surface area (Å²) in [6.45, 7) is 8.49. The lowest BCUT2D eigenvalue weighted by atomic mass is 9.80. The third-order valence-electron chi connectivity index (χ3n) is 6.38. The number of thioether (sulfide) groups is 1. The van der Waals surface area contributed by atoms with Crippen LogP contribution in [0, 0.1) is 6.92 Å². The summed E-state index contributed by atoms with van der Waals surface area (Å²) < 4.78 is 0. The molecule has 0 aliphatic carbocycles. The number of amides is 2. The molecule has 150 valence electrons. The molecule has 0 unspecified atom stereocenters. The zero-order chi connectivity index (χ0) is 20.7. The molecule has 3 aliphatic heterocycles. The predicted molar refractivity (Wildman–Crippen MR) is 116 cm³/mol. The lowest BCUT2D eigenvalue weighted by Crippen LogP contribution is -2.56. The summed E-state index contributed by atoms with van der Waals surface area (Å²) in [6, 6.07) is 10.8. The van der Waals surface area contributed by atoms with E-state index >= 15 is 0 Å². The second kappa shape index (κ2) is 5.79. The van der Waals surface area contributed by atoms with Crippen LogP contribution in [0.15, 0.2) is 36.4 Å². The number of nitrogens with zero attached hydrogens (tertiary/aromatic N) is 2. The molecule has 5 nitrogen and oxygen atoms in total. The van der Waals surface area contributed by atoms with Gasteiger partial charge in [0.15, 0.2) is 0 Å². The van der Waals surface area contributed by atoms with Crippen LogP contribution >= 0.6 is 11.8 Å². The summed E-state index contributed by atoms with van der Waals surface area (Å²) >= 11 is 1.41. The Morgan fingerprint density at radius 2 is 1.79 bits per heavy atom. The van der Waals surface area contributed by atoms with Crippen molar-refractivity contribution in [3.63, 3.8) is 0 Å². The van der Waals surface area contributed by atoms with Gasteiger partial charge in [0.05, 0.1) is 11.4 Å². The Labute approximate surface area is 174 Å². The van der Waals surface area contributed by atoms with Crippen LogP contribution in [-0.4, -0.2) is 28.2 Å². The van der Waals surface area contributed by atoms with E-state index in [4.69, 9.17) is 0 Å². The maximum absolute atomic E-state index is 14.1. The Morgan fingerprint density at radius 3 is 2.48 bits per heavy atom. The van der Waals surface area contributed by atoms with Crippen LogP contribution in [0.4, 0.5) is 11.4 Å². The van der Waals surface area contributed by atoms with Crippen molar-refractivity contribution < 1.29 is 14.7 Å². The highest BCUT2D eigenvalue weighted by Gasteiger charge is 2.64. The van der Waals surface area contributed by atoms with Gasteiger partial charge in [-0.15, -0.1) is 11.8 Å². The zero-order valence-electron chi connectivity index (χ0n) is 17.0. The third kappa shape index (κ3) is 2.29. The van der Waals surface area contributed by atoms with Gasteiger partial charge in [-0.05, 0) is 62.9 Å². The summed E-state index contributed by atoms with van der Waals surface area (Å²) in [5.41, 5.74) is 4.49. The molecule has 2 amide bonds. The number of carbonyl (C=O) groups excluding carboxylic acids is 2. The number of carbonyl (C=O) groups is 2. The Morgan fingerprint density at radius 1 is 1.10 bits per heavy atom. The van der Waals surface area contributed by atoms with Gasteiger partial charge in [-0.1, -0.05) is 24.6 Å². The number of aromatic hydroxyl groups is 1. The van der Waals surface area contributed by atoms with E-state index in [0.717, 1.165) is 23.2 Å². The Kier molecular flexibility index (Phi) is 3.70. The average molecular weight is 409 g/mol. The number of benzene rings is 2. The van der Waals surface area contributed by atoms with Crippen LogP contribution in [0.1, 0.15) is 49.8 Å². The normalized spacial score (nSPS) is 27.1. The largest absolute Gasteiger partial charge is 0.508 e. The fourth-order valence-corrected chi connectivity index (χ4v) is 6.66. The van der Waals surface area contributed by atoms with Crippen LogP contribution < -0.4 is 9.80 Å². The van der Waals surface area contributed by atoms with Crippen molar-refractivity contribution in [2.45, 2.75) is 50.4 Å². The van der Waals surface area contributed by atoms with Gasteiger partial charge in [0.2, 0.25) is 10.8 Å². The van der Waals surface area contributed by atoms with E-state index in [1.165, 1.54) is 17.3 Å². The molecule has 3 heterocycles. The minimum Gasteiger partial charge on any atom is -0.508 e. The van der Waals surface area contributed by atoms with E-state index in [9.17, 15) is 14.7 Å². The van der Waals surface area contributed by atoms with Gasteiger partial charge >= 0.3 is 0 Å². The lowest BCUT2D eigenvalue weighted by Gasteiger charge is -2.44. The summed E-state index contributed by atoms with van der Waals surface area (Å²) in [7, 11) is 0. The van der Waals surface area contributed by atoms with Gasteiger partial charge in [0.1, 0.15) is 5.75 Å².